The molecule has 3 N–H and O–H groups in total. The molecule has 0 aromatic heterocycles. The van der Waals surface area contributed by atoms with Crippen molar-refractivity contribution in [1.29, 1.82) is 0 Å². The molecular formula is C11H9Br2NO5. The van der Waals surface area contributed by atoms with E-state index in [4.69, 9.17) is 10.2 Å². The van der Waals surface area contributed by atoms with Gasteiger partial charge in [-0.1, -0.05) is 31.9 Å². The van der Waals surface area contributed by atoms with Gasteiger partial charge in [0, 0.05) is 14.5 Å². The van der Waals surface area contributed by atoms with Gasteiger partial charge >= 0.3 is 11.9 Å². The molecule has 1 atom stereocenters. The van der Waals surface area contributed by atoms with E-state index in [0.29, 0.717) is 8.95 Å². The number of carboxylic acids is 2. The largest absolute Gasteiger partial charge is 0.481 e. The SMILES string of the molecule is O=C(O)C[C@H](NC(=O)c1cc(Br)cc(Br)c1)C(=O)O. The number of carbonyl (C=O) groups excluding carboxylic acids is 1. The first-order chi connectivity index (χ1) is 8.79. The molecule has 0 aliphatic carbocycles. The predicted molar refractivity (Wildman–Crippen MR) is 73.0 cm³/mol. The van der Waals surface area contributed by atoms with Crippen LogP contribution in [0.1, 0.15) is 16.8 Å². The van der Waals surface area contributed by atoms with Crippen LogP contribution in [0.2, 0.25) is 0 Å². The fourth-order valence-electron chi connectivity index (χ4n) is 1.30. The first-order valence-electron chi connectivity index (χ1n) is 5.01. The summed E-state index contributed by atoms with van der Waals surface area (Å²) in [6.07, 6.45) is -0.684. The molecule has 0 saturated heterocycles. The smallest absolute Gasteiger partial charge is 0.326 e. The van der Waals surface area contributed by atoms with Crippen LogP contribution in [0.15, 0.2) is 27.1 Å². The maximum absolute atomic E-state index is 11.8. The molecule has 0 radical (unpaired) electrons. The van der Waals surface area contributed by atoms with Gasteiger partial charge in [-0.2, -0.15) is 0 Å². The zero-order valence-corrected chi connectivity index (χ0v) is 12.6. The Balaban J connectivity index is 2.87. The molecule has 0 aliphatic rings. The van der Waals surface area contributed by atoms with Crippen LogP contribution >= 0.6 is 31.9 Å². The number of carbonyl (C=O) groups is 3. The lowest BCUT2D eigenvalue weighted by atomic mass is 10.1. The van der Waals surface area contributed by atoms with Gasteiger partial charge in [0.15, 0.2) is 0 Å². The van der Waals surface area contributed by atoms with Crippen molar-refractivity contribution in [2.45, 2.75) is 12.5 Å². The van der Waals surface area contributed by atoms with E-state index in [2.05, 4.69) is 37.2 Å². The first-order valence-corrected chi connectivity index (χ1v) is 6.59. The van der Waals surface area contributed by atoms with Crippen molar-refractivity contribution in [3.8, 4) is 0 Å². The van der Waals surface area contributed by atoms with Crippen molar-refractivity contribution in [3.63, 3.8) is 0 Å². The molecule has 1 aromatic carbocycles. The summed E-state index contributed by atoms with van der Waals surface area (Å²) in [7, 11) is 0. The van der Waals surface area contributed by atoms with E-state index < -0.39 is 30.3 Å². The molecule has 6 nitrogen and oxygen atoms in total. The molecule has 0 bridgehead atoms. The van der Waals surface area contributed by atoms with Crippen molar-refractivity contribution in [3.05, 3.63) is 32.7 Å². The third-order valence-corrected chi connectivity index (χ3v) is 3.02. The van der Waals surface area contributed by atoms with Gasteiger partial charge in [0.05, 0.1) is 6.42 Å². The molecule has 19 heavy (non-hydrogen) atoms. The van der Waals surface area contributed by atoms with Gasteiger partial charge < -0.3 is 15.5 Å². The van der Waals surface area contributed by atoms with Crippen molar-refractivity contribution in [1.82, 2.24) is 5.32 Å². The lowest BCUT2D eigenvalue weighted by Crippen LogP contribution is -2.42. The molecular weight excluding hydrogens is 386 g/mol. The number of benzene rings is 1. The van der Waals surface area contributed by atoms with Crippen LogP contribution < -0.4 is 5.32 Å². The Morgan fingerprint density at radius 1 is 1.11 bits per heavy atom. The van der Waals surface area contributed by atoms with Gasteiger partial charge in [-0.3, -0.25) is 9.59 Å². The van der Waals surface area contributed by atoms with Crippen LogP contribution in [0.3, 0.4) is 0 Å². The van der Waals surface area contributed by atoms with E-state index >= 15 is 0 Å². The Morgan fingerprint density at radius 2 is 1.63 bits per heavy atom. The zero-order chi connectivity index (χ0) is 14.6. The summed E-state index contributed by atoms with van der Waals surface area (Å²) in [4.78, 5) is 33.2. The van der Waals surface area contributed by atoms with Crippen LogP contribution in [-0.4, -0.2) is 34.1 Å². The van der Waals surface area contributed by atoms with Crippen molar-refractivity contribution in [2.24, 2.45) is 0 Å². The monoisotopic (exact) mass is 393 g/mol. The molecule has 1 amide bonds. The number of aliphatic carboxylic acids is 2. The predicted octanol–water partition coefficient (Wildman–Crippen LogP) is 1.87. The summed E-state index contributed by atoms with van der Waals surface area (Å²) in [5, 5.41) is 19.6. The van der Waals surface area contributed by atoms with Crippen LogP contribution in [0, 0.1) is 0 Å². The minimum absolute atomic E-state index is 0.220. The van der Waals surface area contributed by atoms with E-state index in [1.807, 2.05) is 0 Å². The fourth-order valence-corrected chi connectivity index (χ4v) is 2.59. The third kappa shape index (κ3) is 4.99. The molecule has 0 saturated carbocycles. The molecule has 0 aliphatic heterocycles. The quantitative estimate of drug-likeness (QED) is 0.707. The molecule has 102 valence electrons. The van der Waals surface area contributed by atoms with Gasteiger partial charge in [0.25, 0.3) is 5.91 Å². The number of carboxylic acid groups (broad SMARTS) is 2. The van der Waals surface area contributed by atoms with Gasteiger partial charge in [-0.25, -0.2) is 4.79 Å². The minimum atomic E-state index is -1.47. The molecule has 8 heteroatoms. The number of rotatable bonds is 5. The standard InChI is InChI=1S/C11H9Br2NO5/c12-6-1-5(2-7(13)3-6)10(17)14-8(11(18)19)4-9(15)16/h1-3,8H,4H2,(H,14,17)(H,15,16)(H,18,19)/t8-/m0/s1. The van der Waals surface area contributed by atoms with Gasteiger partial charge in [-0.05, 0) is 18.2 Å². The molecule has 0 fully saturated rings. The summed E-state index contributed by atoms with van der Waals surface area (Å²) >= 11 is 6.39. The number of nitrogens with one attached hydrogen (secondary N) is 1. The maximum Gasteiger partial charge on any atom is 0.326 e. The first kappa shape index (κ1) is 15.6. The van der Waals surface area contributed by atoms with E-state index in [1.54, 1.807) is 6.07 Å². The van der Waals surface area contributed by atoms with Crippen molar-refractivity contribution in [2.75, 3.05) is 0 Å². The van der Waals surface area contributed by atoms with E-state index in [9.17, 15) is 14.4 Å². The highest BCUT2D eigenvalue weighted by molar-refractivity contribution is 9.11. The van der Waals surface area contributed by atoms with Crippen molar-refractivity contribution < 1.29 is 24.6 Å². The third-order valence-electron chi connectivity index (χ3n) is 2.11. The summed E-state index contributed by atoms with van der Waals surface area (Å²) in [6, 6.07) is 3.24. The zero-order valence-electron chi connectivity index (χ0n) is 9.39. The summed E-state index contributed by atoms with van der Waals surface area (Å²) in [5.74, 6) is -3.36. The van der Waals surface area contributed by atoms with E-state index in [0.717, 1.165) is 0 Å². The molecule has 1 aromatic rings. The lowest BCUT2D eigenvalue weighted by Gasteiger charge is -2.12. The summed E-state index contributed by atoms with van der Waals surface area (Å²) in [5.41, 5.74) is 0.220. The van der Waals surface area contributed by atoms with Gasteiger partial charge in [0.2, 0.25) is 0 Å². The highest BCUT2D eigenvalue weighted by atomic mass is 79.9. The normalized spacial score (nSPS) is 11.7. The fraction of sp³-hybridized carbons (Fsp3) is 0.182. The number of hydrogen-bond acceptors (Lipinski definition) is 3. The Bertz CT molecular complexity index is 512. The Kier molecular flexibility index (Phi) is 5.49. The summed E-state index contributed by atoms with van der Waals surface area (Å²) in [6.45, 7) is 0. The van der Waals surface area contributed by atoms with Crippen LogP contribution in [-0.2, 0) is 9.59 Å². The Hall–Kier alpha value is -1.41. The van der Waals surface area contributed by atoms with E-state index in [1.165, 1.54) is 12.1 Å². The molecule has 0 spiro atoms. The van der Waals surface area contributed by atoms with Gasteiger partial charge in [-0.15, -0.1) is 0 Å². The summed E-state index contributed by atoms with van der Waals surface area (Å²) < 4.78 is 1.27. The Labute approximate surface area is 125 Å². The average molecular weight is 395 g/mol. The highest BCUT2D eigenvalue weighted by Gasteiger charge is 2.23. The second-order valence-electron chi connectivity index (χ2n) is 3.62. The molecule has 0 unspecified atom stereocenters. The number of hydrogen-bond donors (Lipinski definition) is 3. The van der Waals surface area contributed by atoms with Crippen LogP contribution in [0.25, 0.3) is 0 Å². The van der Waals surface area contributed by atoms with Crippen LogP contribution in [0.4, 0.5) is 0 Å². The number of amides is 1. The van der Waals surface area contributed by atoms with Crippen molar-refractivity contribution >= 4 is 49.7 Å². The average Bonchev–Trinajstić information content (AvgIpc) is 2.25. The molecule has 1 rings (SSSR count). The van der Waals surface area contributed by atoms with Gasteiger partial charge in [0.1, 0.15) is 6.04 Å². The van der Waals surface area contributed by atoms with Crippen LogP contribution in [0.5, 0.6) is 0 Å². The lowest BCUT2D eigenvalue weighted by molar-refractivity contribution is -0.145. The van der Waals surface area contributed by atoms with E-state index in [-0.39, 0.29) is 5.56 Å². The minimum Gasteiger partial charge on any atom is -0.481 e. The number of halogens is 2. The Morgan fingerprint density at radius 3 is 2.05 bits per heavy atom. The second kappa shape index (κ2) is 6.67. The second-order valence-corrected chi connectivity index (χ2v) is 5.45. The highest BCUT2D eigenvalue weighted by Crippen LogP contribution is 2.20. The molecule has 0 heterocycles. The maximum atomic E-state index is 11.8. The topological polar surface area (TPSA) is 104 Å².